The fourth-order valence-electron chi connectivity index (χ4n) is 3.97. The maximum Gasteiger partial charge on any atom is 0.181 e. The van der Waals surface area contributed by atoms with Gasteiger partial charge in [-0.1, -0.05) is 11.6 Å². The molecule has 3 heteroatoms. The molecule has 2 fully saturated rings. The molecule has 0 N–H and O–H groups in total. The van der Waals surface area contributed by atoms with Crippen LogP contribution in [0.2, 0.25) is 0 Å². The molecule has 2 saturated carbocycles. The summed E-state index contributed by atoms with van der Waals surface area (Å²) in [4.78, 5) is 16.5. The molecule has 0 aromatic heterocycles. The van der Waals surface area contributed by atoms with Crippen molar-refractivity contribution in [2.45, 2.75) is 19.3 Å². The lowest BCUT2D eigenvalue weighted by atomic mass is 9.67. The van der Waals surface area contributed by atoms with Crippen LogP contribution in [0.5, 0.6) is 0 Å². The van der Waals surface area contributed by atoms with Crippen LogP contribution in [0, 0.1) is 28.6 Å². The first-order valence-electron chi connectivity index (χ1n) is 6.14. The van der Waals surface area contributed by atoms with Crippen LogP contribution in [-0.2, 0) is 4.79 Å². The van der Waals surface area contributed by atoms with E-state index in [1.807, 2.05) is 12.2 Å². The Morgan fingerprint density at radius 1 is 1.53 bits per heavy atom. The molecule has 3 aliphatic carbocycles. The van der Waals surface area contributed by atoms with Crippen molar-refractivity contribution in [3.8, 4) is 6.07 Å². The molecule has 1 spiro atoms. The van der Waals surface area contributed by atoms with E-state index in [-0.39, 0.29) is 11.2 Å². The standard InChI is InChI=1S/C14H12N2O/c15-6-8-1-2-11-9(3-8)4-12(17)13-14(11)5-10(14)7-16-13/h1,3,10-11H,2,4-5,7H2. The first-order chi connectivity index (χ1) is 8.25. The summed E-state index contributed by atoms with van der Waals surface area (Å²) in [6.45, 7) is 0.847. The summed E-state index contributed by atoms with van der Waals surface area (Å²) in [5, 5.41) is 8.94. The van der Waals surface area contributed by atoms with Crippen LogP contribution in [0.25, 0.3) is 0 Å². The van der Waals surface area contributed by atoms with E-state index in [0.717, 1.165) is 30.7 Å². The van der Waals surface area contributed by atoms with Gasteiger partial charge in [0.15, 0.2) is 5.78 Å². The van der Waals surface area contributed by atoms with Gasteiger partial charge < -0.3 is 0 Å². The predicted molar refractivity (Wildman–Crippen MR) is 62.4 cm³/mol. The Morgan fingerprint density at radius 3 is 3.18 bits per heavy atom. The Labute approximate surface area is 99.5 Å². The molecule has 0 saturated heterocycles. The van der Waals surface area contributed by atoms with Crippen molar-refractivity contribution < 1.29 is 4.79 Å². The molecular weight excluding hydrogens is 212 g/mol. The highest BCUT2D eigenvalue weighted by Gasteiger charge is 2.68. The average molecular weight is 224 g/mol. The van der Waals surface area contributed by atoms with Crippen LogP contribution in [0.4, 0.5) is 0 Å². The van der Waals surface area contributed by atoms with Gasteiger partial charge in [-0.25, -0.2) is 0 Å². The van der Waals surface area contributed by atoms with Crippen molar-refractivity contribution in [2.75, 3.05) is 6.54 Å². The van der Waals surface area contributed by atoms with E-state index in [0.29, 0.717) is 18.3 Å². The van der Waals surface area contributed by atoms with Crippen molar-refractivity contribution >= 4 is 11.5 Å². The van der Waals surface area contributed by atoms with Gasteiger partial charge in [0, 0.05) is 24.0 Å². The molecule has 4 rings (SSSR count). The summed E-state index contributed by atoms with van der Waals surface area (Å²) in [5.41, 5.74) is 2.85. The molecule has 1 heterocycles. The largest absolute Gasteiger partial charge is 0.292 e. The summed E-state index contributed by atoms with van der Waals surface area (Å²) >= 11 is 0. The average Bonchev–Trinajstić information content (AvgIpc) is 2.93. The SMILES string of the molecule is N#CC1=CCC2C(=C1)CC(=O)C1=NCC3CC132. The maximum atomic E-state index is 12.1. The molecule has 0 radical (unpaired) electrons. The van der Waals surface area contributed by atoms with E-state index in [2.05, 4.69) is 11.1 Å². The van der Waals surface area contributed by atoms with Gasteiger partial charge in [-0.15, -0.1) is 0 Å². The molecule has 3 unspecified atom stereocenters. The monoisotopic (exact) mass is 224 g/mol. The van der Waals surface area contributed by atoms with Gasteiger partial charge in [0.1, 0.15) is 0 Å². The molecule has 3 nitrogen and oxygen atoms in total. The lowest BCUT2D eigenvalue weighted by Gasteiger charge is -2.35. The number of carbonyl (C=O) groups excluding carboxylic acids is 1. The van der Waals surface area contributed by atoms with Crippen LogP contribution in [0.3, 0.4) is 0 Å². The van der Waals surface area contributed by atoms with E-state index in [9.17, 15) is 4.79 Å². The summed E-state index contributed by atoms with van der Waals surface area (Å²) < 4.78 is 0. The van der Waals surface area contributed by atoms with Gasteiger partial charge in [-0.3, -0.25) is 9.79 Å². The van der Waals surface area contributed by atoms with Crippen molar-refractivity contribution in [1.29, 1.82) is 5.26 Å². The number of hydrogen-bond acceptors (Lipinski definition) is 3. The number of nitrogens with zero attached hydrogens (tertiary/aromatic N) is 2. The summed E-state index contributed by atoms with van der Waals surface area (Å²) in [5.74, 6) is 1.25. The third kappa shape index (κ3) is 0.969. The van der Waals surface area contributed by atoms with E-state index < -0.39 is 0 Å². The lowest BCUT2D eigenvalue weighted by Crippen LogP contribution is -2.38. The molecule has 4 aliphatic rings. The Balaban J connectivity index is 1.82. The third-order valence-corrected chi connectivity index (χ3v) is 4.80. The van der Waals surface area contributed by atoms with Gasteiger partial charge in [-0.2, -0.15) is 5.26 Å². The Kier molecular flexibility index (Phi) is 1.52. The van der Waals surface area contributed by atoms with Gasteiger partial charge in [0.05, 0.1) is 11.8 Å². The van der Waals surface area contributed by atoms with Gasteiger partial charge >= 0.3 is 0 Å². The van der Waals surface area contributed by atoms with E-state index in [4.69, 9.17) is 5.26 Å². The molecule has 0 aromatic carbocycles. The van der Waals surface area contributed by atoms with Gasteiger partial charge in [-0.05, 0) is 30.8 Å². The van der Waals surface area contributed by atoms with E-state index in [1.165, 1.54) is 5.57 Å². The zero-order valence-corrected chi connectivity index (χ0v) is 9.44. The first-order valence-corrected chi connectivity index (χ1v) is 6.14. The Bertz CT molecular complexity index is 576. The molecular formula is C14H12N2O. The van der Waals surface area contributed by atoms with Crippen LogP contribution in [0.1, 0.15) is 19.3 Å². The topological polar surface area (TPSA) is 53.2 Å². The minimum Gasteiger partial charge on any atom is -0.292 e. The quantitative estimate of drug-likeness (QED) is 0.630. The molecule has 1 aliphatic heterocycles. The highest BCUT2D eigenvalue weighted by Crippen LogP contribution is 2.67. The Morgan fingerprint density at radius 2 is 2.41 bits per heavy atom. The predicted octanol–water partition coefficient (Wildman–Crippen LogP) is 1.82. The number of ketones is 1. The van der Waals surface area contributed by atoms with Gasteiger partial charge in [0.25, 0.3) is 0 Å². The number of carbonyl (C=O) groups is 1. The van der Waals surface area contributed by atoms with Crippen molar-refractivity contribution in [2.24, 2.45) is 22.2 Å². The van der Waals surface area contributed by atoms with Crippen molar-refractivity contribution in [3.63, 3.8) is 0 Å². The smallest absolute Gasteiger partial charge is 0.181 e. The highest BCUT2D eigenvalue weighted by molar-refractivity contribution is 6.44. The Hall–Kier alpha value is -1.69. The second kappa shape index (κ2) is 2.76. The molecule has 0 bridgehead atoms. The highest BCUT2D eigenvalue weighted by atomic mass is 16.1. The number of Topliss-reactive ketones (excluding diaryl/α,β-unsaturated/α-hetero) is 1. The minimum atomic E-state index is 0.0820. The maximum absolute atomic E-state index is 12.1. The number of fused-ring (bicyclic) bond motifs is 1. The second-order valence-corrected chi connectivity index (χ2v) is 5.51. The molecule has 0 amide bonds. The summed E-state index contributed by atoms with van der Waals surface area (Å²) in [7, 11) is 0. The normalized spacial score (nSPS) is 41.4. The molecule has 17 heavy (non-hydrogen) atoms. The number of nitriles is 1. The zero-order valence-electron chi connectivity index (χ0n) is 9.44. The fraction of sp³-hybridized carbons (Fsp3) is 0.500. The van der Waals surface area contributed by atoms with Gasteiger partial charge in [0.2, 0.25) is 0 Å². The van der Waals surface area contributed by atoms with E-state index in [1.54, 1.807) is 0 Å². The lowest BCUT2D eigenvalue weighted by molar-refractivity contribution is -0.113. The molecule has 0 aromatic rings. The van der Waals surface area contributed by atoms with Crippen molar-refractivity contribution in [3.05, 3.63) is 23.3 Å². The van der Waals surface area contributed by atoms with Crippen LogP contribution in [-0.4, -0.2) is 18.0 Å². The van der Waals surface area contributed by atoms with Crippen LogP contribution in [0.15, 0.2) is 28.3 Å². The fourth-order valence-corrected chi connectivity index (χ4v) is 3.97. The second-order valence-electron chi connectivity index (χ2n) is 5.51. The van der Waals surface area contributed by atoms with E-state index >= 15 is 0 Å². The van der Waals surface area contributed by atoms with Crippen LogP contribution >= 0.6 is 0 Å². The number of rotatable bonds is 0. The number of hydrogen-bond donors (Lipinski definition) is 0. The summed E-state index contributed by atoms with van der Waals surface area (Å²) in [6.07, 6.45) is 6.49. The van der Waals surface area contributed by atoms with Crippen molar-refractivity contribution in [1.82, 2.24) is 0 Å². The number of aliphatic imine (C=N–C) groups is 1. The molecule has 84 valence electrons. The van der Waals surface area contributed by atoms with Crippen LogP contribution < -0.4 is 0 Å². The number of allylic oxidation sites excluding steroid dienone is 4. The first kappa shape index (κ1) is 9.35. The third-order valence-electron chi connectivity index (χ3n) is 4.80. The summed E-state index contributed by atoms with van der Waals surface area (Å²) in [6, 6.07) is 2.18. The zero-order chi connectivity index (χ0) is 11.6. The molecule has 3 atom stereocenters. The minimum absolute atomic E-state index is 0.0820.